The van der Waals surface area contributed by atoms with Crippen molar-refractivity contribution in [3.8, 4) is 0 Å². The first-order valence-electron chi connectivity index (χ1n) is 7.63. The first-order valence-corrected chi connectivity index (χ1v) is 9.45. The number of hydrogen-bond acceptors (Lipinski definition) is 4. The Hall–Kier alpha value is -1.89. The fourth-order valence-electron chi connectivity index (χ4n) is 2.92. The van der Waals surface area contributed by atoms with E-state index >= 15 is 0 Å². The number of benzene rings is 1. The quantitative estimate of drug-likeness (QED) is 0.848. The van der Waals surface area contributed by atoms with Crippen LogP contribution >= 0.6 is 0 Å². The summed E-state index contributed by atoms with van der Waals surface area (Å²) in [6, 6.07) is 8.32. The highest BCUT2D eigenvalue weighted by atomic mass is 32.2. The Balaban J connectivity index is 2.33. The third-order valence-corrected chi connectivity index (χ3v) is 5.93. The predicted octanol–water partition coefficient (Wildman–Crippen LogP) is 1.49. The van der Waals surface area contributed by atoms with E-state index in [2.05, 4.69) is 0 Å². The Labute approximate surface area is 136 Å². The molecule has 1 fully saturated rings. The highest BCUT2D eigenvalue weighted by molar-refractivity contribution is 7.91. The smallest absolute Gasteiger partial charge is 0.308 e. The maximum Gasteiger partial charge on any atom is 0.308 e. The van der Waals surface area contributed by atoms with Gasteiger partial charge in [0.2, 0.25) is 5.91 Å². The molecular weight excluding hydrogens is 318 g/mol. The van der Waals surface area contributed by atoms with Crippen LogP contribution in [0.15, 0.2) is 30.3 Å². The van der Waals surface area contributed by atoms with Crippen LogP contribution in [0.2, 0.25) is 0 Å². The van der Waals surface area contributed by atoms with Gasteiger partial charge in [-0.05, 0) is 12.0 Å². The largest absolute Gasteiger partial charge is 0.481 e. The van der Waals surface area contributed by atoms with Crippen LogP contribution in [0.4, 0.5) is 0 Å². The number of carbonyl (C=O) groups is 2. The second-order valence-corrected chi connectivity index (χ2v) is 8.14. The number of likely N-dealkylation sites (tertiary alicyclic amines) is 1. The second kappa shape index (κ2) is 7.12. The lowest BCUT2D eigenvalue weighted by Crippen LogP contribution is -2.47. The van der Waals surface area contributed by atoms with E-state index in [1.165, 1.54) is 4.90 Å². The summed E-state index contributed by atoms with van der Waals surface area (Å²) in [6.07, 6.45) is 0.400. The van der Waals surface area contributed by atoms with Crippen molar-refractivity contribution < 1.29 is 23.1 Å². The van der Waals surface area contributed by atoms with Crippen molar-refractivity contribution in [3.05, 3.63) is 35.9 Å². The molecule has 1 N–H and O–H groups in total. The molecular formula is C16H21NO5S. The Morgan fingerprint density at radius 1 is 1.30 bits per heavy atom. The van der Waals surface area contributed by atoms with Gasteiger partial charge in [0.15, 0.2) is 9.84 Å². The van der Waals surface area contributed by atoms with Crippen molar-refractivity contribution in [1.29, 1.82) is 0 Å². The minimum atomic E-state index is -3.23. The molecule has 1 heterocycles. The number of sulfone groups is 1. The van der Waals surface area contributed by atoms with Crippen LogP contribution in [0, 0.1) is 5.92 Å². The fourth-order valence-corrected chi connectivity index (χ4v) is 3.68. The van der Waals surface area contributed by atoms with Gasteiger partial charge in [0.05, 0.1) is 17.7 Å². The van der Waals surface area contributed by atoms with Crippen LogP contribution in [-0.2, 0) is 19.4 Å². The van der Waals surface area contributed by atoms with Gasteiger partial charge in [0, 0.05) is 18.7 Å². The average Bonchev–Trinajstić information content (AvgIpc) is 2.54. The minimum Gasteiger partial charge on any atom is -0.481 e. The lowest BCUT2D eigenvalue weighted by Gasteiger charge is -2.39. The summed E-state index contributed by atoms with van der Waals surface area (Å²) in [6.45, 7) is 1.58. The molecule has 1 aliphatic rings. The van der Waals surface area contributed by atoms with E-state index in [4.69, 9.17) is 0 Å². The molecule has 1 saturated heterocycles. The number of hydrogen-bond donors (Lipinski definition) is 1. The van der Waals surface area contributed by atoms with E-state index in [1.54, 1.807) is 31.2 Å². The second-order valence-electron chi connectivity index (χ2n) is 5.66. The van der Waals surface area contributed by atoms with Crippen LogP contribution < -0.4 is 0 Å². The summed E-state index contributed by atoms with van der Waals surface area (Å²) < 4.78 is 23.5. The lowest BCUT2D eigenvalue weighted by atomic mass is 9.84. The molecule has 0 aliphatic carbocycles. The molecule has 2 rings (SSSR count). The molecule has 6 nitrogen and oxygen atoms in total. The van der Waals surface area contributed by atoms with Crippen LogP contribution in [0.1, 0.15) is 31.4 Å². The summed E-state index contributed by atoms with van der Waals surface area (Å²) in [5.74, 6) is -2.02. The van der Waals surface area contributed by atoms with Crippen LogP contribution in [0.5, 0.6) is 0 Å². The zero-order valence-corrected chi connectivity index (χ0v) is 13.8. The number of carboxylic acids is 1. The first-order chi connectivity index (χ1) is 10.9. The van der Waals surface area contributed by atoms with Crippen molar-refractivity contribution in [2.24, 2.45) is 5.92 Å². The molecule has 0 aromatic heterocycles. The lowest BCUT2D eigenvalue weighted by molar-refractivity contribution is -0.151. The zero-order chi connectivity index (χ0) is 17.0. The molecule has 1 aliphatic heterocycles. The molecule has 0 spiro atoms. The normalized spacial score (nSPS) is 22.1. The number of amides is 1. The van der Waals surface area contributed by atoms with Gasteiger partial charge in [-0.15, -0.1) is 0 Å². The average molecular weight is 339 g/mol. The Kier molecular flexibility index (Phi) is 5.41. The number of aliphatic carboxylic acids is 1. The standard InChI is InChI=1S/C16H21NO5S/c1-2-23(21,22)11-10-17-14(18)9-8-13(16(19)20)15(17)12-6-4-3-5-7-12/h3-7,13,15H,2,8-11H2,1H3,(H,19,20). The van der Waals surface area contributed by atoms with Gasteiger partial charge >= 0.3 is 5.97 Å². The summed E-state index contributed by atoms with van der Waals surface area (Å²) in [7, 11) is -3.23. The van der Waals surface area contributed by atoms with Crippen LogP contribution in [0.25, 0.3) is 0 Å². The zero-order valence-electron chi connectivity index (χ0n) is 13.0. The summed E-state index contributed by atoms with van der Waals surface area (Å²) in [4.78, 5) is 25.3. The Morgan fingerprint density at radius 3 is 2.52 bits per heavy atom. The van der Waals surface area contributed by atoms with Crippen molar-refractivity contribution in [2.45, 2.75) is 25.8 Å². The van der Waals surface area contributed by atoms with Gasteiger partial charge in [0.1, 0.15) is 0 Å². The molecule has 0 saturated carbocycles. The maximum atomic E-state index is 12.3. The molecule has 1 amide bonds. The van der Waals surface area contributed by atoms with Gasteiger partial charge in [-0.3, -0.25) is 9.59 Å². The van der Waals surface area contributed by atoms with Crippen molar-refractivity contribution in [1.82, 2.24) is 4.90 Å². The third kappa shape index (κ3) is 4.10. The summed E-state index contributed by atoms with van der Waals surface area (Å²) >= 11 is 0. The molecule has 2 atom stereocenters. The SMILES string of the molecule is CCS(=O)(=O)CCN1C(=O)CCC(C(=O)O)C1c1ccccc1. The maximum absolute atomic E-state index is 12.3. The van der Waals surface area contributed by atoms with Gasteiger partial charge in [0.25, 0.3) is 0 Å². The third-order valence-electron chi connectivity index (χ3n) is 4.25. The number of carbonyl (C=O) groups excluding carboxylic acids is 1. The molecule has 0 radical (unpaired) electrons. The minimum absolute atomic E-state index is 0.00733. The van der Waals surface area contributed by atoms with Gasteiger partial charge in [-0.2, -0.15) is 0 Å². The van der Waals surface area contributed by atoms with E-state index in [9.17, 15) is 23.1 Å². The van der Waals surface area contributed by atoms with E-state index < -0.39 is 27.8 Å². The molecule has 1 aromatic carbocycles. The van der Waals surface area contributed by atoms with Gasteiger partial charge < -0.3 is 10.0 Å². The molecule has 7 heteroatoms. The predicted molar refractivity (Wildman–Crippen MR) is 85.6 cm³/mol. The molecule has 126 valence electrons. The number of nitrogens with zero attached hydrogens (tertiary/aromatic N) is 1. The first kappa shape index (κ1) is 17.5. The van der Waals surface area contributed by atoms with Gasteiger partial charge in [-0.25, -0.2) is 8.42 Å². The van der Waals surface area contributed by atoms with Crippen LogP contribution in [-0.4, -0.2) is 48.4 Å². The Bertz CT molecular complexity index is 671. The molecule has 23 heavy (non-hydrogen) atoms. The molecule has 0 bridgehead atoms. The molecule has 1 aromatic rings. The monoisotopic (exact) mass is 339 g/mol. The van der Waals surface area contributed by atoms with Crippen molar-refractivity contribution >= 4 is 21.7 Å². The van der Waals surface area contributed by atoms with Gasteiger partial charge in [-0.1, -0.05) is 37.3 Å². The van der Waals surface area contributed by atoms with E-state index in [0.717, 1.165) is 5.56 Å². The molecule has 2 unspecified atom stereocenters. The van der Waals surface area contributed by atoms with E-state index in [0.29, 0.717) is 0 Å². The Morgan fingerprint density at radius 2 is 1.96 bits per heavy atom. The number of piperidine rings is 1. The topological polar surface area (TPSA) is 91.8 Å². The van der Waals surface area contributed by atoms with E-state index in [-0.39, 0.29) is 36.8 Å². The van der Waals surface area contributed by atoms with Crippen molar-refractivity contribution in [3.63, 3.8) is 0 Å². The number of rotatable bonds is 6. The highest BCUT2D eigenvalue weighted by Crippen LogP contribution is 2.36. The highest BCUT2D eigenvalue weighted by Gasteiger charge is 2.40. The summed E-state index contributed by atoms with van der Waals surface area (Å²) in [5, 5.41) is 9.49. The van der Waals surface area contributed by atoms with Crippen molar-refractivity contribution in [2.75, 3.05) is 18.1 Å². The van der Waals surface area contributed by atoms with Crippen LogP contribution in [0.3, 0.4) is 0 Å². The number of carboxylic acid groups (broad SMARTS) is 1. The van der Waals surface area contributed by atoms with E-state index in [1.807, 2.05) is 6.07 Å². The fraction of sp³-hybridized carbons (Fsp3) is 0.500. The summed E-state index contributed by atoms with van der Waals surface area (Å²) in [5.41, 5.74) is 0.724.